The Bertz CT molecular complexity index is 636. The van der Waals surface area contributed by atoms with Gasteiger partial charge in [-0.15, -0.1) is 11.8 Å². The molecule has 0 aliphatic heterocycles. The third kappa shape index (κ3) is 3.01. The Morgan fingerprint density at radius 3 is 2.71 bits per heavy atom. The molecule has 1 aromatic carbocycles. The number of aromatic nitrogens is 2. The highest BCUT2D eigenvalue weighted by Crippen LogP contribution is 2.23. The highest BCUT2D eigenvalue weighted by molar-refractivity contribution is 7.98. The van der Waals surface area contributed by atoms with E-state index in [1.54, 1.807) is 6.07 Å². The van der Waals surface area contributed by atoms with Crippen LogP contribution in [0.15, 0.2) is 44.9 Å². The summed E-state index contributed by atoms with van der Waals surface area (Å²) in [6.45, 7) is 0. The van der Waals surface area contributed by atoms with Crippen LogP contribution in [0.4, 0.5) is 0 Å². The van der Waals surface area contributed by atoms with Crippen LogP contribution in [-0.2, 0) is 5.75 Å². The summed E-state index contributed by atoms with van der Waals surface area (Å²) in [5.74, 6) is 0.578. The topological polar surface area (TPSA) is 65.7 Å². The Morgan fingerprint density at radius 1 is 1.24 bits per heavy atom. The van der Waals surface area contributed by atoms with Crippen LogP contribution in [-0.4, -0.2) is 9.97 Å². The van der Waals surface area contributed by atoms with E-state index in [1.807, 2.05) is 18.2 Å². The number of halogens is 1. The number of rotatable bonds is 3. The molecule has 0 aliphatic carbocycles. The van der Waals surface area contributed by atoms with E-state index in [9.17, 15) is 9.59 Å². The van der Waals surface area contributed by atoms with Crippen LogP contribution in [0.1, 0.15) is 5.56 Å². The molecule has 0 unspecified atom stereocenters. The van der Waals surface area contributed by atoms with Crippen molar-refractivity contribution in [3.8, 4) is 0 Å². The average molecular weight is 269 g/mol. The SMILES string of the molecule is O=c1[nH]cc(SCc2ccccc2Cl)c(=O)[nH]1. The first-order chi connectivity index (χ1) is 8.16. The van der Waals surface area contributed by atoms with Crippen LogP contribution in [0.2, 0.25) is 5.02 Å². The minimum absolute atomic E-state index is 0.384. The predicted molar refractivity (Wildman–Crippen MR) is 68.7 cm³/mol. The summed E-state index contributed by atoms with van der Waals surface area (Å²) in [5.41, 5.74) is 0.0627. The molecule has 0 aliphatic rings. The smallest absolute Gasteiger partial charge is 0.313 e. The molecule has 0 amide bonds. The normalized spacial score (nSPS) is 10.4. The third-order valence-corrected chi connectivity index (χ3v) is 3.56. The van der Waals surface area contributed by atoms with Gasteiger partial charge in [-0.25, -0.2) is 4.79 Å². The first-order valence-electron chi connectivity index (χ1n) is 4.85. The molecule has 0 fully saturated rings. The molecular formula is C11H9ClN2O2S. The van der Waals surface area contributed by atoms with Gasteiger partial charge in [0.05, 0.1) is 4.90 Å². The lowest BCUT2D eigenvalue weighted by Gasteiger charge is -2.02. The summed E-state index contributed by atoms with van der Waals surface area (Å²) in [6.07, 6.45) is 1.41. The van der Waals surface area contributed by atoms with E-state index in [0.29, 0.717) is 15.7 Å². The lowest BCUT2D eigenvalue weighted by Crippen LogP contribution is -2.22. The second kappa shape index (κ2) is 5.25. The van der Waals surface area contributed by atoms with Gasteiger partial charge >= 0.3 is 5.69 Å². The second-order valence-electron chi connectivity index (χ2n) is 3.32. The number of H-pyrrole nitrogens is 2. The number of nitrogens with one attached hydrogen (secondary N) is 2. The first-order valence-corrected chi connectivity index (χ1v) is 6.21. The second-order valence-corrected chi connectivity index (χ2v) is 4.74. The molecule has 2 rings (SSSR count). The van der Waals surface area contributed by atoms with E-state index in [0.717, 1.165) is 5.56 Å². The standard InChI is InChI=1S/C11H9ClN2O2S/c12-8-4-2-1-3-7(8)6-17-9-5-13-11(16)14-10(9)15/h1-5H,6H2,(H2,13,14,15,16). The van der Waals surface area contributed by atoms with Crippen LogP contribution in [0.3, 0.4) is 0 Å². The fourth-order valence-corrected chi connectivity index (χ4v) is 2.44. The fourth-order valence-electron chi connectivity index (χ4n) is 1.28. The monoisotopic (exact) mass is 268 g/mol. The van der Waals surface area contributed by atoms with Gasteiger partial charge in [-0.05, 0) is 11.6 Å². The molecule has 0 atom stereocenters. The number of thioether (sulfide) groups is 1. The largest absolute Gasteiger partial charge is 0.325 e. The predicted octanol–water partition coefficient (Wildman–Crippen LogP) is 2.01. The van der Waals surface area contributed by atoms with Gasteiger partial charge in [-0.2, -0.15) is 0 Å². The van der Waals surface area contributed by atoms with Gasteiger partial charge < -0.3 is 4.98 Å². The molecule has 2 aromatic rings. The molecule has 1 aromatic heterocycles. The molecule has 0 saturated heterocycles. The minimum Gasteiger partial charge on any atom is -0.313 e. The van der Waals surface area contributed by atoms with Crippen molar-refractivity contribution in [1.29, 1.82) is 0 Å². The van der Waals surface area contributed by atoms with E-state index in [-0.39, 0.29) is 5.56 Å². The molecule has 17 heavy (non-hydrogen) atoms. The summed E-state index contributed by atoms with van der Waals surface area (Å²) in [4.78, 5) is 27.3. The molecule has 4 nitrogen and oxygen atoms in total. The van der Waals surface area contributed by atoms with E-state index in [1.165, 1.54) is 18.0 Å². The Balaban J connectivity index is 2.16. The van der Waals surface area contributed by atoms with Crippen LogP contribution < -0.4 is 11.2 Å². The lowest BCUT2D eigenvalue weighted by atomic mass is 10.2. The summed E-state index contributed by atoms with van der Waals surface area (Å²) >= 11 is 7.32. The molecule has 1 heterocycles. The quantitative estimate of drug-likeness (QED) is 0.837. The molecular weight excluding hydrogens is 260 g/mol. The van der Waals surface area contributed by atoms with Crippen molar-refractivity contribution in [2.45, 2.75) is 10.6 Å². The summed E-state index contributed by atoms with van der Waals surface area (Å²) in [7, 11) is 0. The van der Waals surface area contributed by atoms with E-state index < -0.39 is 5.69 Å². The number of aromatic amines is 2. The van der Waals surface area contributed by atoms with Gasteiger partial charge in [0.2, 0.25) is 0 Å². The maximum Gasteiger partial charge on any atom is 0.325 e. The maximum absolute atomic E-state index is 11.4. The van der Waals surface area contributed by atoms with Crippen molar-refractivity contribution in [2.24, 2.45) is 0 Å². The van der Waals surface area contributed by atoms with E-state index in [4.69, 9.17) is 11.6 Å². The number of hydrogen-bond acceptors (Lipinski definition) is 3. The van der Waals surface area contributed by atoms with Gasteiger partial charge in [0.25, 0.3) is 5.56 Å². The van der Waals surface area contributed by atoms with Crippen molar-refractivity contribution in [3.63, 3.8) is 0 Å². The van der Waals surface area contributed by atoms with Crippen molar-refractivity contribution in [2.75, 3.05) is 0 Å². The zero-order valence-electron chi connectivity index (χ0n) is 8.70. The number of benzene rings is 1. The highest BCUT2D eigenvalue weighted by Gasteiger charge is 2.04. The van der Waals surface area contributed by atoms with Crippen molar-refractivity contribution in [3.05, 3.63) is 61.9 Å². The Morgan fingerprint density at radius 2 is 2.00 bits per heavy atom. The Hall–Kier alpha value is -1.46. The minimum atomic E-state index is -0.503. The Labute approximate surface area is 106 Å². The summed E-state index contributed by atoms with van der Waals surface area (Å²) in [6, 6.07) is 7.44. The van der Waals surface area contributed by atoms with E-state index in [2.05, 4.69) is 9.97 Å². The van der Waals surface area contributed by atoms with Crippen molar-refractivity contribution >= 4 is 23.4 Å². The maximum atomic E-state index is 11.4. The molecule has 0 bridgehead atoms. The zero-order valence-corrected chi connectivity index (χ0v) is 10.3. The molecule has 6 heteroatoms. The Kier molecular flexibility index (Phi) is 3.71. The van der Waals surface area contributed by atoms with Crippen LogP contribution in [0.25, 0.3) is 0 Å². The lowest BCUT2D eigenvalue weighted by molar-refractivity contribution is 0.976. The average Bonchev–Trinajstić information content (AvgIpc) is 2.30. The molecule has 2 N–H and O–H groups in total. The van der Waals surface area contributed by atoms with Gasteiger partial charge in [0.1, 0.15) is 0 Å². The van der Waals surface area contributed by atoms with Crippen molar-refractivity contribution in [1.82, 2.24) is 9.97 Å². The van der Waals surface area contributed by atoms with Crippen molar-refractivity contribution < 1.29 is 0 Å². The van der Waals surface area contributed by atoms with E-state index >= 15 is 0 Å². The first kappa shape index (κ1) is 12.0. The van der Waals surface area contributed by atoms with Crippen LogP contribution >= 0.6 is 23.4 Å². The molecule has 0 spiro atoms. The zero-order chi connectivity index (χ0) is 12.3. The highest BCUT2D eigenvalue weighted by atomic mass is 35.5. The van der Waals surface area contributed by atoms with Gasteiger partial charge in [-0.3, -0.25) is 9.78 Å². The van der Waals surface area contributed by atoms with Gasteiger partial charge in [0.15, 0.2) is 0 Å². The third-order valence-electron chi connectivity index (χ3n) is 2.13. The molecule has 0 radical (unpaired) electrons. The van der Waals surface area contributed by atoms with Gasteiger partial charge in [0, 0.05) is 17.0 Å². The molecule has 88 valence electrons. The molecule has 0 saturated carbocycles. The van der Waals surface area contributed by atoms with Crippen LogP contribution in [0, 0.1) is 0 Å². The van der Waals surface area contributed by atoms with Gasteiger partial charge in [-0.1, -0.05) is 29.8 Å². The number of hydrogen-bond donors (Lipinski definition) is 2. The summed E-state index contributed by atoms with van der Waals surface area (Å²) in [5, 5.41) is 0.667. The summed E-state index contributed by atoms with van der Waals surface area (Å²) < 4.78 is 0. The fraction of sp³-hybridized carbons (Fsp3) is 0.0909. The van der Waals surface area contributed by atoms with Crippen LogP contribution in [0.5, 0.6) is 0 Å².